The van der Waals surface area contributed by atoms with E-state index in [1.807, 2.05) is 12.4 Å². The highest BCUT2D eigenvalue weighted by Crippen LogP contribution is 2.28. The number of rotatable bonds is 2. The van der Waals surface area contributed by atoms with Crippen molar-refractivity contribution in [3.63, 3.8) is 0 Å². The van der Waals surface area contributed by atoms with Crippen LogP contribution in [-0.2, 0) is 6.42 Å². The van der Waals surface area contributed by atoms with E-state index in [1.165, 1.54) is 31.2 Å². The Morgan fingerprint density at radius 3 is 2.50 bits per heavy atom. The van der Waals surface area contributed by atoms with Crippen LogP contribution in [0.1, 0.15) is 44.1 Å². The Morgan fingerprint density at radius 2 is 1.88 bits per heavy atom. The maximum atomic E-state index is 6.50. The van der Waals surface area contributed by atoms with E-state index in [1.54, 1.807) is 0 Å². The van der Waals surface area contributed by atoms with Gasteiger partial charge in [0.1, 0.15) is 0 Å². The number of pyridine rings is 1. The lowest BCUT2D eigenvalue weighted by molar-refractivity contribution is 0.369. The van der Waals surface area contributed by atoms with Crippen LogP contribution in [0.5, 0.6) is 0 Å². The zero-order valence-electron chi connectivity index (χ0n) is 9.58. The van der Waals surface area contributed by atoms with Crippen molar-refractivity contribution in [2.45, 2.75) is 50.5 Å². The normalized spacial score (nSPS) is 20.4. The van der Waals surface area contributed by atoms with Crippen LogP contribution in [0.25, 0.3) is 0 Å². The summed E-state index contributed by atoms with van der Waals surface area (Å²) in [7, 11) is 0. The Hall–Kier alpha value is -0.410. The molecule has 0 bridgehead atoms. The first-order valence-corrected chi connectivity index (χ1v) is 6.86. The lowest BCUT2D eigenvalue weighted by Crippen LogP contribution is -2.41. The summed E-state index contributed by atoms with van der Waals surface area (Å²) < 4.78 is 1.04. The molecule has 1 aromatic heterocycles. The lowest BCUT2D eigenvalue weighted by Gasteiger charge is -2.28. The summed E-state index contributed by atoms with van der Waals surface area (Å²) in [6.45, 7) is 0. The predicted octanol–water partition coefficient (Wildman–Crippen LogP) is 3.44. The average Bonchev–Trinajstić information content (AvgIpc) is 2.43. The molecule has 0 saturated heterocycles. The van der Waals surface area contributed by atoms with Gasteiger partial charge in [0.15, 0.2) is 0 Å². The topological polar surface area (TPSA) is 38.9 Å². The van der Waals surface area contributed by atoms with Gasteiger partial charge in [-0.3, -0.25) is 4.98 Å². The lowest BCUT2D eigenvalue weighted by atomic mass is 9.85. The first-order valence-electron chi connectivity index (χ1n) is 6.06. The molecule has 0 aliphatic heterocycles. The van der Waals surface area contributed by atoms with Crippen molar-refractivity contribution in [1.82, 2.24) is 4.98 Å². The van der Waals surface area contributed by atoms with Gasteiger partial charge in [0.25, 0.3) is 0 Å². The number of hydrogen-bond donors (Lipinski definition) is 1. The molecule has 16 heavy (non-hydrogen) atoms. The Labute approximate surface area is 106 Å². The maximum absolute atomic E-state index is 6.50. The molecule has 0 unspecified atom stereocenters. The van der Waals surface area contributed by atoms with Crippen LogP contribution in [0.4, 0.5) is 0 Å². The highest BCUT2D eigenvalue weighted by Gasteiger charge is 2.26. The predicted molar refractivity (Wildman–Crippen MR) is 70.3 cm³/mol. The second-order valence-corrected chi connectivity index (χ2v) is 5.88. The third-order valence-electron chi connectivity index (χ3n) is 3.42. The van der Waals surface area contributed by atoms with Gasteiger partial charge in [-0.1, -0.05) is 25.7 Å². The van der Waals surface area contributed by atoms with Gasteiger partial charge in [-0.05, 0) is 46.8 Å². The summed E-state index contributed by atoms with van der Waals surface area (Å²) in [5, 5.41) is 0. The van der Waals surface area contributed by atoms with Crippen LogP contribution >= 0.6 is 15.9 Å². The van der Waals surface area contributed by atoms with Gasteiger partial charge in [-0.2, -0.15) is 0 Å². The molecule has 1 aliphatic rings. The van der Waals surface area contributed by atoms with Crippen molar-refractivity contribution >= 4 is 15.9 Å². The standard InChI is InChI=1S/C13H19BrN2/c14-12-7-11(9-16-10-12)8-13(15)5-3-1-2-4-6-13/h7,9-10H,1-6,8,15H2. The smallest absolute Gasteiger partial charge is 0.0410 e. The summed E-state index contributed by atoms with van der Waals surface area (Å²) in [6, 6.07) is 2.13. The summed E-state index contributed by atoms with van der Waals surface area (Å²) in [5.74, 6) is 0. The number of halogens is 1. The van der Waals surface area contributed by atoms with Gasteiger partial charge < -0.3 is 5.73 Å². The van der Waals surface area contributed by atoms with Crippen molar-refractivity contribution in [3.05, 3.63) is 28.5 Å². The zero-order valence-corrected chi connectivity index (χ0v) is 11.2. The molecular formula is C13H19BrN2. The van der Waals surface area contributed by atoms with Crippen molar-refractivity contribution < 1.29 is 0 Å². The molecule has 3 heteroatoms. The molecule has 88 valence electrons. The van der Waals surface area contributed by atoms with Crippen LogP contribution in [0.2, 0.25) is 0 Å². The molecule has 1 aliphatic carbocycles. The Kier molecular flexibility index (Phi) is 3.98. The van der Waals surface area contributed by atoms with E-state index in [0.29, 0.717) is 0 Å². The number of hydrogen-bond acceptors (Lipinski definition) is 2. The van der Waals surface area contributed by atoms with Crippen molar-refractivity contribution in [3.8, 4) is 0 Å². The highest BCUT2D eigenvalue weighted by atomic mass is 79.9. The Morgan fingerprint density at radius 1 is 1.19 bits per heavy atom. The average molecular weight is 283 g/mol. The largest absolute Gasteiger partial charge is 0.325 e. The molecule has 1 fully saturated rings. The van der Waals surface area contributed by atoms with Gasteiger partial charge in [-0.15, -0.1) is 0 Å². The molecule has 0 atom stereocenters. The SMILES string of the molecule is NC1(Cc2cncc(Br)c2)CCCCCC1. The molecular weight excluding hydrogens is 264 g/mol. The number of aromatic nitrogens is 1. The van der Waals surface area contributed by atoms with Gasteiger partial charge in [-0.25, -0.2) is 0 Å². The first-order chi connectivity index (χ1) is 7.68. The molecule has 1 aromatic rings. The third kappa shape index (κ3) is 3.29. The van der Waals surface area contributed by atoms with E-state index >= 15 is 0 Å². The molecule has 1 heterocycles. The molecule has 2 rings (SSSR count). The highest BCUT2D eigenvalue weighted by molar-refractivity contribution is 9.10. The van der Waals surface area contributed by atoms with E-state index < -0.39 is 0 Å². The van der Waals surface area contributed by atoms with E-state index in [4.69, 9.17) is 5.73 Å². The summed E-state index contributed by atoms with van der Waals surface area (Å²) in [5.41, 5.74) is 7.75. The fourth-order valence-corrected chi connectivity index (χ4v) is 2.98. The molecule has 2 N–H and O–H groups in total. The van der Waals surface area contributed by atoms with Crippen LogP contribution in [0, 0.1) is 0 Å². The molecule has 0 amide bonds. The van der Waals surface area contributed by atoms with Gasteiger partial charge in [0, 0.05) is 22.4 Å². The molecule has 0 spiro atoms. The number of nitrogens with two attached hydrogens (primary N) is 1. The second kappa shape index (κ2) is 5.28. The van der Waals surface area contributed by atoms with E-state index in [0.717, 1.165) is 23.7 Å². The van der Waals surface area contributed by atoms with E-state index in [9.17, 15) is 0 Å². The Bertz CT molecular complexity index is 344. The maximum Gasteiger partial charge on any atom is 0.0410 e. The van der Waals surface area contributed by atoms with Crippen LogP contribution in [-0.4, -0.2) is 10.5 Å². The minimum atomic E-state index is -0.00102. The van der Waals surface area contributed by atoms with E-state index in [-0.39, 0.29) is 5.54 Å². The summed E-state index contributed by atoms with van der Waals surface area (Å²) in [4.78, 5) is 4.20. The second-order valence-electron chi connectivity index (χ2n) is 4.96. The Balaban J connectivity index is 2.06. The van der Waals surface area contributed by atoms with Crippen LogP contribution in [0.3, 0.4) is 0 Å². The molecule has 0 radical (unpaired) electrons. The third-order valence-corrected chi connectivity index (χ3v) is 3.85. The van der Waals surface area contributed by atoms with Gasteiger partial charge in [0.05, 0.1) is 0 Å². The van der Waals surface area contributed by atoms with Crippen molar-refractivity contribution in [2.75, 3.05) is 0 Å². The van der Waals surface area contributed by atoms with E-state index in [2.05, 4.69) is 27.0 Å². The van der Waals surface area contributed by atoms with Crippen molar-refractivity contribution in [1.29, 1.82) is 0 Å². The first kappa shape index (κ1) is 12.1. The van der Waals surface area contributed by atoms with Crippen LogP contribution in [0.15, 0.2) is 22.9 Å². The minimum absolute atomic E-state index is 0.00102. The van der Waals surface area contributed by atoms with Gasteiger partial charge in [0.2, 0.25) is 0 Å². The summed E-state index contributed by atoms with van der Waals surface area (Å²) >= 11 is 3.46. The molecule has 2 nitrogen and oxygen atoms in total. The molecule has 0 aromatic carbocycles. The monoisotopic (exact) mass is 282 g/mol. The minimum Gasteiger partial charge on any atom is -0.325 e. The van der Waals surface area contributed by atoms with Gasteiger partial charge >= 0.3 is 0 Å². The van der Waals surface area contributed by atoms with Crippen LogP contribution < -0.4 is 5.73 Å². The summed E-state index contributed by atoms with van der Waals surface area (Å²) in [6.07, 6.45) is 12.3. The quantitative estimate of drug-likeness (QED) is 0.844. The van der Waals surface area contributed by atoms with Crippen molar-refractivity contribution in [2.24, 2.45) is 5.73 Å². The molecule has 1 saturated carbocycles. The zero-order chi connectivity index (χ0) is 11.4. The fraction of sp³-hybridized carbons (Fsp3) is 0.615. The fourth-order valence-electron chi connectivity index (χ4n) is 2.57. The number of nitrogens with zero attached hydrogens (tertiary/aromatic N) is 1.